The van der Waals surface area contributed by atoms with Gasteiger partial charge >= 0.3 is 0 Å². The highest BCUT2D eigenvalue weighted by atomic mass is 16.5. The number of hydrogen-bond donors (Lipinski definition) is 1. The number of aromatic nitrogens is 6. The number of carbonyl (C=O) groups excluding carboxylic acids is 1. The maximum Gasteiger partial charge on any atom is 0.258 e. The molecule has 1 N–H and O–H groups in total. The number of amides is 1. The fourth-order valence-corrected chi connectivity index (χ4v) is 4.67. The molecule has 0 aliphatic carbocycles. The Hall–Kier alpha value is -4.16. The molecule has 0 saturated carbocycles. The van der Waals surface area contributed by atoms with E-state index in [1.54, 1.807) is 30.1 Å². The van der Waals surface area contributed by atoms with Crippen LogP contribution in [0.3, 0.4) is 0 Å². The number of anilines is 2. The SMILES string of the molecule is COCCCN1CCN(c2cncc(-c3cn(-c4cc(C(=O)Nc5cc(C(C)(C)C)on5)cnc4C)nn3)c2)CC1. The zero-order valence-corrected chi connectivity index (χ0v) is 24.3. The van der Waals surface area contributed by atoms with Crippen molar-refractivity contribution in [2.45, 2.75) is 39.5 Å². The van der Waals surface area contributed by atoms with Gasteiger partial charge in [0, 0.05) is 75.9 Å². The van der Waals surface area contributed by atoms with Crippen LogP contribution in [0.15, 0.2) is 47.5 Å². The predicted molar refractivity (Wildman–Crippen MR) is 155 cm³/mol. The molecular weight excluding hydrogens is 522 g/mol. The molecule has 0 radical (unpaired) electrons. The second-order valence-electron chi connectivity index (χ2n) is 11.3. The first-order valence-corrected chi connectivity index (χ1v) is 13.8. The minimum atomic E-state index is -0.344. The molecule has 1 aliphatic heterocycles. The smallest absolute Gasteiger partial charge is 0.258 e. The summed E-state index contributed by atoms with van der Waals surface area (Å²) >= 11 is 0. The highest BCUT2D eigenvalue weighted by molar-refractivity contribution is 6.03. The van der Waals surface area contributed by atoms with Crippen LogP contribution < -0.4 is 10.2 Å². The van der Waals surface area contributed by atoms with Crippen LogP contribution in [0.1, 0.15) is 49.0 Å². The van der Waals surface area contributed by atoms with Crippen LogP contribution in [0, 0.1) is 6.92 Å². The number of methoxy groups -OCH3 is 1. The Kier molecular flexibility index (Phi) is 8.41. The molecule has 12 nitrogen and oxygen atoms in total. The van der Waals surface area contributed by atoms with Crippen LogP contribution in [0.2, 0.25) is 0 Å². The van der Waals surface area contributed by atoms with Crippen molar-refractivity contribution in [3.8, 4) is 16.9 Å². The molecule has 0 bridgehead atoms. The van der Waals surface area contributed by atoms with Crippen LogP contribution >= 0.6 is 0 Å². The van der Waals surface area contributed by atoms with E-state index in [1.807, 2.05) is 40.1 Å². The Morgan fingerprint density at radius 3 is 2.63 bits per heavy atom. The lowest BCUT2D eigenvalue weighted by Crippen LogP contribution is -2.46. The van der Waals surface area contributed by atoms with Gasteiger partial charge in [0.05, 0.1) is 35.0 Å². The molecule has 5 rings (SSSR count). The van der Waals surface area contributed by atoms with E-state index in [4.69, 9.17) is 9.26 Å². The number of nitrogens with one attached hydrogen (secondary N) is 1. The van der Waals surface area contributed by atoms with E-state index in [2.05, 4.69) is 46.6 Å². The third-order valence-electron chi connectivity index (χ3n) is 7.13. The van der Waals surface area contributed by atoms with Crippen LogP contribution in [0.5, 0.6) is 0 Å². The van der Waals surface area contributed by atoms with E-state index in [-0.39, 0.29) is 11.3 Å². The van der Waals surface area contributed by atoms with Crippen LogP contribution in [0.25, 0.3) is 16.9 Å². The summed E-state index contributed by atoms with van der Waals surface area (Å²) in [5.74, 6) is 0.693. The number of piperazine rings is 1. The molecule has 0 spiro atoms. The normalized spacial score (nSPS) is 14.4. The Labute approximate surface area is 239 Å². The van der Waals surface area contributed by atoms with Crippen molar-refractivity contribution in [3.05, 3.63) is 60.0 Å². The van der Waals surface area contributed by atoms with E-state index >= 15 is 0 Å². The number of aryl methyl sites for hydroxylation is 1. The minimum Gasteiger partial charge on any atom is -0.385 e. The molecule has 41 heavy (non-hydrogen) atoms. The molecular formula is C29H37N9O3. The third-order valence-corrected chi connectivity index (χ3v) is 7.13. The highest BCUT2D eigenvalue weighted by Gasteiger charge is 2.22. The standard InChI is InChI=1S/C29H37N9O3/c1-20-25(14-22(17-31-20)28(39)32-27-15-26(41-34-27)29(2,3)4)38-19-24(33-35-38)21-13-23(18-30-16-21)37-10-8-36(9-11-37)7-6-12-40-5/h13-19H,6-12H2,1-5H3,(H,32,34,39). The number of ether oxygens (including phenoxy) is 1. The number of carbonyl (C=O) groups is 1. The van der Waals surface area contributed by atoms with Gasteiger partial charge in [-0.1, -0.05) is 31.1 Å². The molecule has 0 unspecified atom stereocenters. The molecule has 1 saturated heterocycles. The zero-order chi connectivity index (χ0) is 29.0. The van der Waals surface area contributed by atoms with E-state index in [9.17, 15) is 4.79 Å². The number of hydrogen-bond acceptors (Lipinski definition) is 10. The first-order valence-electron chi connectivity index (χ1n) is 13.8. The zero-order valence-electron chi connectivity index (χ0n) is 24.3. The molecule has 216 valence electrons. The highest BCUT2D eigenvalue weighted by Crippen LogP contribution is 2.26. The predicted octanol–water partition coefficient (Wildman–Crippen LogP) is 3.73. The lowest BCUT2D eigenvalue weighted by atomic mass is 9.93. The van der Waals surface area contributed by atoms with Crippen molar-refractivity contribution in [1.29, 1.82) is 0 Å². The summed E-state index contributed by atoms with van der Waals surface area (Å²) in [6.07, 6.45) is 8.09. The van der Waals surface area contributed by atoms with Gasteiger partial charge in [0.2, 0.25) is 0 Å². The first-order chi connectivity index (χ1) is 19.7. The largest absolute Gasteiger partial charge is 0.385 e. The van der Waals surface area contributed by atoms with Gasteiger partial charge in [-0.15, -0.1) is 5.10 Å². The number of pyridine rings is 2. The Bertz CT molecular complexity index is 1480. The fraction of sp³-hybridized carbons (Fsp3) is 0.448. The summed E-state index contributed by atoms with van der Waals surface area (Å²) in [5.41, 5.74) is 4.14. The van der Waals surface area contributed by atoms with E-state index in [0.29, 0.717) is 34.2 Å². The summed E-state index contributed by atoms with van der Waals surface area (Å²) in [6, 6.07) is 5.57. The second kappa shape index (κ2) is 12.1. The lowest BCUT2D eigenvalue weighted by molar-refractivity contribution is 0.102. The van der Waals surface area contributed by atoms with Gasteiger partial charge < -0.3 is 19.5 Å². The second-order valence-corrected chi connectivity index (χ2v) is 11.3. The van der Waals surface area contributed by atoms with Gasteiger partial charge in [-0.2, -0.15) is 0 Å². The van der Waals surface area contributed by atoms with Crippen LogP contribution in [-0.2, 0) is 10.2 Å². The van der Waals surface area contributed by atoms with E-state index in [1.165, 1.54) is 6.20 Å². The first kappa shape index (κ1) is 28.4. The molecule has 1 fully saturated rings. The van der Waals surface area contributed by atoms with Gasteiger partial charge in [0.1, 0.15) is 11.5 Å². The third kappa shape index (κ3) is 6.77. The average Bonchev–Trinajstić information content (AvgIpc) is 3.64. The van der Waals surface area contributed by atoms with Gasteiger partial charge in [-0.05, 0) is 25.5 Å². The quantitative estimate of drug-likeness (QED) is 0.303. The van der Waals surface area contributed by atoms with Crippen molar-refractivity contribution in [2.24, 2.45) is 0 Å². The van der Waals surface area contributed by atoms with Crippen molar-refractivity contribution in [1.82, 2.24) is 35.0 Å². The molecule has 12 heteroatoms. The Morgan fingerprint density at radius 2 is 1.90 bits per heavy atom. The maximum absolute atomic E-state index is 13.0. The van der Waals surface area contributed by atoms with Crippen molar-refractivity contribution < 1.29 is 14.1 Å². The van der Waals surface area contributed by atoms with E-state index in [0.717, 1.165) is 57.0 Å². The molecule has 4 aromatic rings. The van der Waals surface area contributed by atoms with Gasteiger partial charge in [-0.3, -0.25) is 19.7 Å². The summed E-state index contributed by atoms with van der Waals surface area (Å²) in [5, 5.41) is 15.5. The molecule has 0 aromatic carbocycles. The van der Waals surface area contributed by atoms with Crippen LogP contribution in [-0.4, -0.2) is 87.4 Å². The fourth-order valence-electron chi connectivity index (χ4n) is 4.67. The average molecular weight is 560 g/mol. The van der Waals surface area contributed by atoms with Gasteiger partial charge in [-0.25, -0.2) is 4.68 Å². The molecule has 1 aliphatic rings. The molecule has 5 heterocycles. The maximum atomic E-state index is 13.0. The monoisotopic (exact) mass is 559 g/mol. The lowest BCUT2D eigenvalue weighted by Gasteiger charge is -2.36. The van der Waals surface area contributed by atoms with Gasteiger partial charge in [0.25, 0.3) is 5.91 Å². The summed E-state index contributed by atoms with van der Waals surface area (Å²) in [6.45, 7) is 13.7. The van der Waals surface area contributed by atoms with Gasteiger partial charge in [0.15, 0.2) is 5.82 Å². The summed E-state index contributed by atoms with van der Waals surface area (Å²) in [7, 11) is 1.74. The number of nitrogens with zero attached hydrogens (tertiary/aromatic N) is 8. The van der Waals surface area contributed by atoms with Crippen molar-refractivity contribution in [2.75, 3.05) is 56.7 Å². The summed E-state index contributed by atoms with van der Waals surface area (Å²) < 4.78 is 12.2. The summed E-state index contributed by atoms with van der Waals surface area (Å²) in [4.78, 5) is 26.7. The van der Waals surface area contributed by atoms with Crippen molar-refractivity contribution in [3.63, 3.8) is 0 Å². The minimum absolute atomic E-state index is 0.215. The van der Waals surface area contributed by atoms with E-state index < -0.39 is 0 Å². The molecule has 4 aromatic heterocycles. The Morgan fingerprint density at radius 1 is 1.10 bits per heavy atom. The molecule has 0 atom stereocenters. The van der Waals surface area contributed by atoms with Crippen molar-refractivity contribution >= 4 is 17.4 Å². The van der Waals surface area contributed by atoms with Crippen LogP contribution in [0.4, 0.5) is 11.5 Å². The Balaban J connectivity index is 1.28. The molecule has 1 amide bonds. The number of rotatable bonds is 9. The topological polar surface area (TPSA) is 127 Å².